The van der Waals surface area contributed by atoms with Crippen LogP contribution in [-0.4, -0.2) is 8.42 Å². The van der Waals surface area contributed by atoms with E-state index >= 15 is 0 Å². The molecule has 1 unspecified atom stereocenters. The summed E-state index contributed by atoms with van der Waals surface area (Å²) in [6.07, 6.45) is 0. The van der Waals surface area contributed by atoms with Crippen molar-refractivity contribution in [2.75, 3.05) is 4.08 Å². The highest BCUT2D eigenvalue weighted by Crippen LogP contribution is 2.50. The summed E-state index contributed by atoms with van der Waals surface area (Å²) in [7, 11) is -6.74. The number of hydrogen-bond donors (Lipinski definition) is 0. The molecule has 4 rings (SSSR count). The molecule has 0 aromatic heterocycles. The molecule has 0 fully saturated rings. The fraction of sp³-hybridized carbons (Fsp3) is 0.0526. The lowest BCUT2D eigenvalue weighted by molar-refractivity contribution is 0.507. The van der Waals surface area contributed by atoms with E-state index in [9.17, 15) is 13.0 Å². The van der Waals surface area contributed by atoms with Crippen LogP contribution in [-0.2, 0) is 14.6 Å². The van der Waals surface area contributed by atoms with Crippen LogP contribution in [0.15, 0.2) is 77.7 Å². The molecule has 0 saturated carbocycles. The number of sulfonamides is 1. The van der Waals surface area contributed by atoms with E-state index in [1.807, 2.05) is 25.1 Å². The van der Waals surface area contributed by atoms with E-state index in [4.69, 9.17) is 4.52 Å². The Bertz CT molecular complexity index is 1110. The Morgan fingerprint density at radius 2 is 1.46 bits per heavy atom. The van der Waals surface area contributed by atoms with Crippen LogP contribution in [0.3, 0.4) is 0 Å². The smallest absolute Gasteiger partial charge is 0.234 e. The van der Waals surface area contributed by atoms with E-state index in [2.05, 4.69) is 0 Å². The first-order chi connectivity index (χ1) is 12.5. The first kappa shape index (κ1) is 16.8. The van der Waals surface area contributed by atoms with Gasteiger partial charge in [0.1, 0.15) is 5.69 Å². The molecule has 1 aliphatic heterocycles. The van der Waals surface area contributed by atoms with Gasteiger partial charge in [-0.25, -0.2) is 4.52 Å². The van der Waals surface area contributed by atoms with Gasteiger partial charge in [-0.1, -0.05) is 54.1 Å². The van der Waals surface area contributed by atoms with Crippen molar-refractivity contribution < 1.29 is 17.5 Å². The minimum Gasteiger partial charge on any atom is -0.234 e. The van der Waals surface area contributed by atoms with E-state index in [1.54, 1.807) is 42.5 Å². The SMILES string of the molecule is Cc1ccc(S(=O)(=O)N2c3ccccc3-c3ccccc3O[P+]2=O)cc1. The Kier molecular flexibility index (Phi) is 4.02. The van der Waals surface area contributed by atoms with Gasteiger partial charge < -0.3 is 0 Å². The maximum absolute atomic E-state index is 13.2. The third-order valence-corrected chi connectivity index (χ3v) is 7.59. The maximum Gasteiger partial charge on any atom is 0.712 e. The molecular formula is C19H15NO4PS+. The average molecular weight is 384 g/mol. The van der Waals surface area contributed by atoms with E-state index in [0.717, 1.165) is 9.64 Å². The van der Waals surface area contributed by atoms with Gasteiger partial charge in [0, 0.05) is 15.7 Å². The molecule has 26 heavy (non-hydrogen) atoms. The van der Waals surface area contributed by atoms with Gasteiger partial charge in [0.15, 0.2) is 5.75 Å². The summed E-state index contributed by atoms with van der Waals surface area (Å²) >= 11 is 0. The molecule has 3 aromatic rings. The van der Waals surface area contributed by atoms with Gasteiger partial charge in [0.2, 0.25) is 0 Å². The van der Waals surface area contributed by atoms with Gasteiger partial charge in [0.05, 0.1) is 4.90 Å². The lowest BCUT2D eigenvalue weighted by Gasteiger charge is -2.13. The van der Waals surface area contributed by atoms with Crippen LogP contribution >= 0.6 is 8.18 Å². The van der Waals surface area contributed by atoms with E-state index in [-0.39, 0.29) is 4.90 Å². The Balaban J connectivity index is 1.95. The quantitative estimate of drug-likeness (QED) is 0.589. The van der Waals surface area contributed by atoms with Gasteiger partial charge >= 0.3 is 18.2 Å². The van der Waals surface area contributed by atoms with E-state index < -0.39 is 18.2 Å². The van der Waals surface area contributed by atoms with Gasteiger partial charge in [-0.05, 0) is 35.3 Å². The molecular weight excluding hydrogens is 369 g/mol. The van der Waals surface area contributed by atoms with Crippen LogP contribution in [0.4, 0.5) is 5.69 Å². The highest BCUT2D eigenvalue weighted by atomic mass is 32.2. The number of hydrogen-bond acceptors (Lipinski definition) is 4. The van der Waals surface area contributed by atoms with Crippen molar-refractivity contribution in [3.8, 4) is 16.9 Å². The minimum atomic E-state index is -4.06. The molecule has 0 bridgehead atoms. The van der Waals surface area contributed by atoms with E-state index in [0.29, 0.717) is 22.6 Å². The Hall–Kier alpha value is -2.69. The molecule has 1 aliphatic rings. The maximum atomic E-state index is 13.2. The Labute approximate surface area is 152 Å². The molecule has 0 aliphatic carbocycles. The van der Waals surface area contributed by atoms with Gasteiger partial charge in [-0.3, -0.25) is 0 Å². The Morgan fingerprint density at radius 1 is 0.846 bits per heavy atom. The number of para-hydroxylation sites is 2. The fourth-order valence-corrected chi connectivity index (χ4v) is 5.81. The first-order valence-corrected chi connectivity index (χ1v) is 10.5. The molecule has 5 nitrogen and oxygen atoms in total. The predicted molar refractivity (Wildman–Crippen MR) is 101 cm³/mol. The number of rotatable bonds is 2. The second-order valence-electron chi connectivity index (χ2n) is 5.90. The van der Waals surface area contributed by atoms with Crippen molar-refractivity contribution in [1.29, 1.82) is 0 Å². The summed E-state index contributed by atoms with van der Waals surface area (Å²) in [5, 5.41) is 0. The first-order valence-electron chi connectivity index (χ1n) is 7.94. The average Bonchev–Trinajstić information content (AvgIpc) is 2.75. The zero-order chi connectivity index (χ0) is 18.3. The lowest BCUT2D eigenvalue weighted by Crippen LogP contribution is -2.25. The molecule has 7 heteroatoms. The summed E-state index contributed by atoms with van der Waals surface area (Å²) in [6.45, 7) is 1.87. The minimum absolute atomic E-state index is 0.0656. The second kappa shape index (κ2) is 6.24. The van der Waals surface area contributed by atoms with Gasteiger partial charge in [-0.15, -0.1) is 0 Å². The highest BCUT2D eigenvalue weighted by molar-refractivity contribution is 7.98. The van der Waals surface area contributed by atoms with Crippen LogP contribution in [0.25, 0.3) is 11.1 Å². The number of benzene rings is 3. The summed E-state index contributed by atoms with van der Waals surface area (Å²) < 4.78 is 45.8. The fourth-order valence-electron chi connectivity index (χ4n) is 2.87. The van der Waals surface area contributed by atoms with Crippen molar-refractivity contribution in [1.82, 2.24) is 0 Å². The zero-order valence-electron chi connectivity index (χ0n) is 13.9. The summed E-state index contributed by atoms with van der Waals surface area (Å²) in [5.41, 5.74) is 2.63. The molecule has 0 spiro atoms. The van der Waals surface area contributed by atoms with Gasteiger partial charge in [0.25, 0.3) is 0 Å². The second-order valence-corrected chi connectivity index (χ2v) is 9.02. The van der Waals surface area contributed by atoms with Crippen LogP contribution in [0.2, 0.25) is 0 Å². The van der Waals surface area contributed by atoms with E-state index in [1.165, 1.54) is 12.1 Å². The van der Waals surface area contributed by atoms with Crippen LogP contribution in [0.5, 0.6) is 5.75 Å². The van der Waals surface area contributed by atoms with Crippen molar-refractivity contribution >= 4 is 23.9 Å². The molecule has 0 radical (unpaired) electrons. The van der Waals surface area contributed by atoms with Crippen LogP contribution in [0.1, 0.15) is 5.56 Å². The molecule has 130 valence electrons. The van der Waals surface area contributed by atoms with Crippen LogP contribution < -0.4 is 8.60 Å². The number of aryl methyl sites for hydroxylation is 1. The number of anilines is 1. The number of fused-ring (bicyclic) bond motifs is 3. The highest BCUT2D eigenvalue weighted by Gasteiger charge is 2.47. The summed E-state index contributed by atoms with van der Waals surface area (Å²) in [4.78, 5) is 0.0656. The van der Waals surface area contributed by atoms with Crippen molar-refractivity contribution in [2.45, 2.75) is 11.8 Å². The zero-order valence-corrected chi connectivity index (χ0v) is 15.6. The Morgan fingerprint density at radius 3 is 2.19 bits per heavy atom. The topological polar surface area (TPSA) is 63.7 Å². The molecule has 0 saturated heterocycles. The van der Waals surface area contributed by atoms with Crippen molar-refractivity contribution in [3.05, 3.63) is 78.4 Å². The predicted octanol–water partition coefficient (Wildman–Crippen LogP) is 4.91. The molecule has 0 amide bonds. The standard InChI is InChI=1S/C19H15NO4PS/c1-14-10-12-15(13-11-14)26(22,23)20-18-8-4-2-6-16(18)17-7-3-5-9-19(17)24-25(20)21/h2-13H,1H3/q+1. The molecule has 1 heterocycles. The monoisotopic (exact) mass is 384 g/mol. The molecule has 1 atom stereocenters. The molecule has 3 aromatic carbocycles. The summed E-state index contributed by atoms with van der Waals surface area (Å²) in [6, 6.07) is 20.5. The van der Waals surface area contributed by atoms with Crippen molar-refractivity contribution in [2.24, 2.45) is 0 Å². The third kappa shape index (κ3) is 2.68. The summed E-state index contributed by atoms with van der Waals surface area (Å²) in [5.74, 6) is 0.391. The molecule has 0 N–H and O–H groups in total. The van der Waals surface area contributed by atoms with Crippen molar-refractivity contribution in [3.63, 3.8) is 0 Å². The lowest BCUT2D eigenvalue weighted by atomic mass is 10.0. The largest absolute Gasteiger partial charge is 0.712 e. The third-order valence-electron chi connectivity index (χ3n) is 4.16. The van der Waals surface area contributed by atoms with Gasteiger partial charge in [-0.2, -0.15) is 8.42 Å². The normalized spacial score (nSPS) is 14.8. The van der Waals surface area contributed by atoms with Crippen LogP contribution in [0, 0.1) is 6.92 Å². The number of nitrogens with zero attached hydrogens (tertiary/aromatic N) is 1.